The van der Waals surface area contributed by atoms with E-state index in [-0.39, 0.29) is 5.41 Å². The van der Waals surface area contributed by atoms with E-state index in [2.05, 4.69) is 17.9 Å². The van der Waals surface area contributed by atoms with Crippen LogP contribution in [0.5, 0.6) is 5.75 Å². The van der Waals surface area contributed by atoms with E-state index in [0.29, 0.717) is 12.3 Å². The van der Waals surface area contributed by atoms with Crippen molar-refractivity contribution in [3.05, 3.63) is 28.8 Å². The van der Waals surface area contributed by atoms with Gasteiger partial charge in [0.2, 0.25) is 0 Å². The highest BCUT2D eigenvalue weighted by Crippen LogP contribution is 2.43. The molecule has 1 saturated carbocycles. The Morgan fingerprint density at radius 1 is 1.26 bits per heavy atom. The van der Waals surface area contributed by atoms with Gasteiger partial charge in [-0.25, -0.2) is 0 Å². The van der Waals surface area contributed by atoms with Crippen molar-refractivity contribution in [1.29, 1.82) is 0 Å². The second kappa shape index (κ2) is 5.51. The number of phenolic OH excluding ortho intramolecular Hbond substituents is 1. The molecule has 0 saturated heterocycles. The Morgan fingerprint density at radius 2 is 1.89 bits per heavy atom. The summed E-state index contributed by atoms with van der Waals surface area (Å²) in [5.74, 6) is 0.403. The predicted molar refractivity (Wildman–Crippen MR) is 79.4 cm³/mol. The molecule has 0 aromatic heterocycles. The molecule has 0 bridgehead atoms. The molecule has 0 heterocycles. The van der Waals surface area contributed by atoms with E-state index in [9.17, 15) is 5.11 Å². The third-order valence-electron chi connectivity index (χ3n) is 4.57. The minimum absolute atomic E-state index is 0.138. The number of nitrogens with two attached hydrogens (primary N) is 1. The van der Waals surface area contributed by atoms with Crippen molar-refractivity contribution in [1.82, 2.24) is 4.90 Å². The summed E-state index contributed by atoms with van der Waals surface area (Å²) < 4.78 is 0. The lowest BCUT2D eigenvalue weighted by atomic mass is 9.76. The van der Waals surface area contributed by atoms with Crippen LogP contribution in [0, 0.1) is 6.92 Å². The average molecular weight is 262 g/mol. The predicted octanol–water partition coefficient (Wildman–Crippen LogP) is 2.53. The fourth-order valence-electron chi connectivity index (χ4n) is 3.47. The van der Waals surface area contributed by atoms with Crippen molar-refractivity contribution in [2.75, 3.05) is 20.6 Å². The lowest BCUT2D eigenvalue weighted by Gasteiger charge is -2.31. The lowest BCUT2D eigenvalue weighted by Crippen LogP contribution is -2.33. The smallest absolute Gasteiger partial charge is 0.120 e. The molecule has 2 rings (SSSR count). The lowest BCUT2D eigenvalue weighted by molar-refractivity contribution is 0.381. The summed E-state index contributed by atoms with van der Waals surface area (Å²) in [6.07, 6.45) is 4.88. The van der Waals surface area contributed by atoms with Crippen LogP contribution in [0.2, 0.25) is 0 Å². The Hall–Kier alpha value is -1.06. The highest BCUT2D eigenvalue weighted by molar-refractivity contribution is 5.47. The molecular formula is C16H26N2O. The first-order chi connectivity index (χ1) is 9.00. The maximum Gasteiger partial charge on any atom is 0.120 e. The van der Waals surface area contributed by atoms with E-state index >= 15 is 0 Å². The Balaban J connectivity index is 2.47. The Bertz CT molecular complexity index is 448. The molecule has 0 atom stereocenters. The van der Waals surface area contributed by atoms with Gasteiger partial charge in [0, 0.05) is 24.1 Å². The number of benzene rings is 1. The van der Waals surface area contributed by atoms with Gasteiger partial charge in [0.1, 0.15) is 5.75 Å². The summed E-state index contributed by atoms with van der Waals surface area (Å²) in [6.45, 7) is 3.61. The van der Waals surface area contributed by atoms with E-state index in [1.54, 1.807) is 0 Å². The Kier molecular flexibility index (Phi) is 4.16. The molecule has 3 heteroatoms. The highest BCUT2D eigenvalue weighted by Gasteiger charge is 2.36. The quantitative estimate of drug-likeness (QED) is 0.876. The summed E-state index contributed by atoms with van der Waals surface area (Å²) in [7, 11) is 4.06. The van der Waals surface area contributed by atoms with Crippen LogP contribution in [0.4, 0.5) is 0 Å². The SMILES string of the molecule is Cc1c(C2(CN)CCCC2)ccc(O)c1CN(C)C. The molecule has 3 N–H and O–H groups in total. The molecule has 0 unspecified atom stereocenters. The van der Waals surface area contributed by atoms with E-state index in [4.69, 9.17) is 5.73 Å². The normalized spacial score (nSPS) is 18.2. The van der Waals surface area contributed by atoms with Crippen molar-refractivity contribution in [2.24, 2.45) is 5.73 Å². The fourth-order valence-corrected chi connectivity index (χ4v) is 3.47. The molecule has 0 amide bonds. The third kappa shape index (κ3) is 2.63. The van der Waals surface area contributed by atoms with Crippen LogP contribution in [0.15, 0.2) is 12.1 Å². The first-order valence-electron chi connectivity index (χ1n) is 7.17. The molecule has 3 nitrogen and oxygen atoms in total. The number of phenols is 1. The van der Waals surface area contributed by atoms with Gasteiger partial charge >= 0.3 is 0 Å². The van der Waals surface area contributed by atoms with Gasteiger partial charge in [-0.1, -0.05) is 18.9 Å². The summed E-state index contributed by atoms with van der Waals surface area (Å²) in [5.41, 5.74) is 9.84. The Morgan fingerprint density at radius 3 is 2.42 bits per heavy atom. The average Bonchev–Trinajstić information content (AvgIpc) is 2.84. The van der Waals surface area contributed by atoms with E-state index in [0.717, 1.165) is 12.1 Å². The van der Waals surface area contributed by atoms with Crippen LogP contribution in [-0.2, 0) is 12.0 Å². The van der Waals surface area contributed by atoms with Gasteiger partial charge in [-0.3, -0.25) is 0 Å². The number of aromatic hydroxyl groups is 1. The molecule has 0 radical (unpaired) electrons. The topological polar surface area (TPSA) is 49.5 Å². The zero-order valence-corrected chi connectivity index (χ0v) is 12.4. The minimum atomic E-state index is 0.138. The summed E-state index contributed by atoms with van der Waals surface area (Å²) >= 11 is 0. The van der Waals surface area contributed by atoms with Crippen LogP contribution in [0.3, 0.4) is 0 Å². The minimum Gasteiger partial charge on any atom is -0.508 e. The van der Waals surface area contributed by atoms with Gasteiger partial charge in [-0.15, -0.1) is 0 Å². The van der Waals surface area contributed by atoms with Gasteiger partial charge in [0.15, 0.2) is 0 Å². The largest absolute Gasteiger partial charge is 0.508 e. The van der Waals surface area contributed by atoms with Gasteiger partial charge < -0.3 is 15.7 Å². The van der Waals surface area contributed by atoms with E-state index in [1.807, 2.05) is 20.2 Å². The van der Waals surface area contributed by atoms with E-state index < -0.39 is 0 Å². The van der Waals surface area contributed by atoms with Crippen LogP contribution in [0.1, 0.15) is 42.4 Å². The monoisotopic (exact) mass is 262 g/mol. The molecule has 0 spiro atoms. The second-order valence-electron chi connectivity index (χ2n) is 6.17. The van der Waals surface area contributed by atoms with Gasteiger partial charge in [-0.2, -0.15) is 0 Å². The zero-order chi connectivity index (χ0) is 14.0. The van der Waals surface area contributed by atoms with Crippen LogP contribution in [0.25, 0.3) is 0 Å². The summed E-state index contributed by atoms with van der Waals surface area (Å²) in [4.78, 5) is 2.09. The summed E-state index contributed by atoms with van der Waals surface area (Å²) in [6, 6.07) is 3.93. The van der Waals surface area contributed by atoms with Gasteiger partial charge in [0.05, 0.1) is 0 Å². The van der Waals surface area contributed by atoms with Crippen LogP contribution in [-0.4, -0.2) is 30.6 Å². The molecular weight excluding hydrogens is 236 g/mol. The first kappa shape index (κ1) is 14.4. The van der Waals surface area contributed by atoms with Gasteiger partial charge in [-0.05, 0) is 51.1 Å². The summed E-state index contributed by atoms with van der Waals surface area (Å²) in [5, 5.41) is 10.1. The molecule has 19 heavy (non-hydrogen) atoms. The molecule has 1 aliphatic carbocycles. The van der Waals surface area contributed by atoms with Crippen molar-refractivity contribution < 1.29 is 5.11 Å². The van der Waals surface area contributed by atoms with Crippen molar-refractivity contribution >= 4 is 0 Å². The van der Waals surface area contributed by atoms with Crippen molar-refractivity contribution in [3.8, 4) is 5.75 Å². The van der Waals surface area contributed by atoms with Crippen molar-refractivity contribution in [2.45, 2.75) is 44.6 Å². The number of hydrogen-bond donors (Lipinski definition) is 2. The number of nitrogens with zero attached hydrogens (tertiary/aromatic N) is 1. The van der Waals surface area contributed by atoms with E-state index in [1.165, 1.54) is 36.8 Å². The molecule has 1 aliphatic rings. The van der Waals surface area contributed by atoms with Gasteiger partial charge in [0.25, 0.3) is 0 Å². The third-order valence-corrected chi connectivity index (χ3v) is 4.57. The van der Waals surface area contributed by atoms with Crippen LogP contribution < -0.4 is 5.73 Å². The molecule has 1 fully saturated rings. The molecule has 0 aliphatic heterocycles. The fraction of sp³-hybridized carbons (Fsp3) is 0.625. The van der Waals surface area contributed by atoms with Crippen molar-refractivity contribution in [3.63, 3.8) is 0 Å². The number of hydrogen-bond acceptors (Lipinski definition) is 3. The Labute approximate surface area is 116 Å². The maximum absolute atomic E-state index is 10.1. The standard InChI is InChI=1S/C16H26N2O/c1-12-13(10-18(2)3)15(19)7-6-14(12)16(11-17)8-4-5-9-16/h6-7,19H,4-5,8-11,17H2,1-3H3. The maximum atomic E-state index is 10.1. The number of rotatable bonds is 4. The molecule has 1 aromatic rings. The molecule has 106 valence electrons. The highest BCUT2D eigenvalue weighted by atomic mass is 16.3. The second-order valence-corrected chi connectivity index (χ2v) is 6.17. The first-order valence-corrected chi connectivity index (χ1v) is 7.17. The zero-order valence-electron chi connectivity index (χ0n) is 12.4. The van der Waals surface area contributed by atoms with Crippen LogP contribution >= 0.6 is 0 Å². The molecule has 1 aromatic carbocycles.